The summed E-state index contributed by atoms with van der Waals surface area (Å²) in [4.78, 5) is 4.21. The van der Waals surface area contributed by atoms with E-state index in [0.29, 0.717) is 12.0 Å². The summed E-state index contributed by atoms with van der Waals surface area (Å²) in [5.74, 6) is 1.58. The van der Waals surface area contributed by atoms with Gasteiger partial charge in [0.1, 0.15) is 6.33 Å². The number of aromatic nitrogens is 3. The summed E-state index contributed by atoms with van der Waals surface area (Å²) in [6.45, 7) is 1.75. The van der Waals surface area contributed by atoms with Gasteiger partial charge in [0, 0.05) is 26.1 Å². The van der Waals surface area contributed by atoms with Crippen molar-refractivity contribution in [1.29, 1.82) is 0 Å². The Morgan fingerprint density at radius 3 is 3.12 bits per heavy atom. The Bertz CT molecular complexity index is 322. The number of aryl methyl sites for hydroxylation is 1. The average Bonchev–Trinajstić information content (AvgIpc) is 2.87. The molecular formula is C11H21N5. The van der Waals surface area contributed by atoms with Gasteiger partial charge in [0.05, 0.1) is 0 Å². The Balaban J connectivity index is 1.71. The molecule has 2 unspecified atom stereocenters. The van der Waals surface area contributed by atoms with Gasteiger partial charge in [-0.05, 0) is 25.3 Å². The lowest BCUT2D eigenvalue weighted by molar-refractivity contribution is 0.408. The normalized spacial score (nSPS) is 25.1. The zero-order chi connectivity index (χ0) is 11.4. The van der Waals surface area contributed by atoms with E-state index >= 15 is 0 Å². The maximum absolute atomic E-state index is 5.74. The van der Waals surface area contributed by atoms with E-state index < -0.39 is 0 Å². The van der Waals surface area contributed by atoms with Crippen LogP contribution >= 0.6 is 0 Å². The molecule has 1 fully saturated rings. The number of hydrogen-bond donors (Lipinski definition) is 2. The van der Waals surface area contributed by atoms with Crippen LogP contribution in [0.4, 0.5) is 0 Å². The second-order valence-corrected chi connectivity index (χ2v) is 4.57. The van der Waals surface area contributed by atoms with Crippen molar-refractivity contribution >= 4 is 0 Å². The molecule has 0 saturated heterocycles. The highest BCUT2D eigenvalue weighted by molar-refractivity contribution is 4.86. The first-order valence-electron chi connectivity index (χ1n) is 6.07. The quantitative estimate of drug-likeness (QED) is 0.741. The molecule has 2 rings (SSSR count). The molecule has 1 saturated carbocycles. The monoisotopic (exact) mass is 223 g/mol. The van der Waals surface area contributed by atoms with Crippen molar-refractivity contribution in [2.75, 3.05) is 13.1 Å². The van der Waals surface area contributed by atoms with Gasteiger partial charge >= 0.3 is 0 Å². The molecular weight excluding hydrogens is 202 g/mol. The smallest absolute Gasteiger partial charge is 0.151 e. The Kier molecular flexibility index (Phi) is 3.90. The molecule has 3 N–H and O–H groups in total. The molecule has 16 heavy (non-hydrogen) atoms. The van der Waals surface area contributed by atoms with Gasteiger partial charge in [-0.25, -0.2) is 4.98 Å². The van der Waals surface area contributed by atoms with Crippen LogP contribution < -0.4 is 11.1 Å². The fourth-order valence-corrected chi connectivity index (χ4v) is 2.46. The SMILES string of the molecule is Cn1cnc(CCNC2CCCC2CN)n1. The molecule has 0 bridgehead atoms. The second kappa shape index (κ2) is 5.41. The van der Waals surface area contributed by atoms with Gasteiger partial charge in [-0.15, -0.1) is 0 Å². The molecule has 5 heteroatoms. The maximum atomic E-state index is 5.74. The number of nitrogens with two attached hydrogens (primary N) is 1. The van der Waals surface area contributed by atoms with E-state index in [1.165, 1.54) is 19.3 Å². The van der Waals surface area contributed by atoms with E-state index in [0.717, 1.165) is 25.3 Å². The van der Waals surface area contributed by atoms with Gasteiger partial charge in [0.2, 0.25) is 0 Å². The van der Waals surface area contributed by atoms with Gasteiger partial charge in [0.25, 0.3) is 0 Å². The molecule has 0 spiro atoms. The van der Waals surface area contributed by atoms with Crippen molar-refractivity contribution in [2.45, 2.75) is 31.7 Å². The van der Waals surface area contributed by atoms with Crippen molar-refractivity contribution < 1.29 is 0 Å². The zero-order valence-electron chi connectivity index (χ0n) is 9.89. The third kappa shape index (κ3) is 2.80. The lowest BCUT2D eigenvalue weighted by Gasteiger charge is -2.18. The zero-order valence-corrected chi connectivity index (χ0v) is 9.89. The lowest BCUT2D eigenvalue weighted by atomic mass is 10.0. The van der Waals surface area contributed by atoms with Crippen molar-refractivity contribution in [3.63, 3.8) is 0 Å². The first-order valence-corrected chi connectivity index (χ1v) is 6.07. The van der Waals surface area contributed by atoms with Crippen LogP contribution in [0.25, 0.3) is 0 Å². The van der Waals surface area contributed by atoms with Crippen LogP contribution in [0.1, 0.15) is 25.1 Å². The average molecular weight is 223 g/mol. The Morgan fingerprint density at radius 1 is 1.56 bits per heavy atom. The largest absolute Gasteiger partial charge is 0.330 e. The van der Waals surface area contributed by atoms with Crippen LogP contribution in [-0.2, 0) is 13.5 Å². The van der Waals surface area contributed by atoms with E-state index in [2.05, 4.69) is 15.4 Å². The van der Waals surface area contributed by atoms with E-state index in [1.807, 2.05) is 7.05 Å². The fourth-order valence-electron chi connectivity index (χ4n) is 2.46. The highest BCUT2D eigenvalue weighted by atomic mass is 15.3. The molecule has 90 valence electrons. The Labute approximate surface area is 96.4 Å². The summed E-state index contributed by atoms with van der Waals surface area (Å²) in [7, 11) is 1.89. The predicted molar refractivity (Wildman–Crippen MR) is 62.9 cm³/mol. The molecule has 5 nitrogen and oxygen atoms in total. The molecule has 0 radical (unpaired) electrons. The summed E-state index contributed by atoms with van der Waals surface area (Å²) in [6, 6.07) is 0.605. The highest BCUT2D eigenvalue weighted by Gasteiger charge is 2.25. The lowest BCUT2D eigenvalue weighted by Crippen LogP contribution is -2.37. The Hall–Kier alpha value is -0.940. The van der Waals surface area contributed by atoms with Gasteiger partial charge in [-0.2, -0.15) is 5.10 Å². The van der Waals surface area contributed by atoms with Crippen LogP contribution in [-0.4, -0.2) is 33.9 Å². The number of rotatable bonds is 5. The van der Waals surface area contributed by atoms with Crippen molar-refractivity contribution in [3.8, 4) is 0 Å². The molecule has 1 heterocycles. The Morgan fingerprint density at radius 2 is 2.44 bits per heavy atom. The predicted octanol–water partition coefficient (Wildman–Crippen LogP) is 0.0746. The first kappa shape index (κ1) is 11.5. The minimum Gasteiger partial charge on any atom is -0.330 e. The molecule has 0 aliphatic heterocycles. The fraction of sp³-hybridized carbons (Fsp3) is 0.818. The molecule has 2 atom stereocenters. The van der Waals surface area contributed by atoms with Crippen LogP contribution in [0.2, 0.25) is 0 Å². The summed E-state index contributed by atoms with van der Waals surface area (Å²) >= 11 is 0. The summed E-state index contributed by atoms with van der Waals surface area (Å²) in [6.07, 6.45) is 6.48. The molecule has 0 aromatic carbocycles. The summed E-state index contributed by atoms with van der Waals surface area (Å²) in [5, 5.41) is 7.83. The van der Waals surface area contributed by atoms with Crippen molar-refractivity contribution in [1.82, 2.24) is 20.1 Å². The second-order valence-electron chi connectivity index (χ2n) is 4.57. The van der Waals surface area contributed by atoms with Gasteiger partial charge < -0.3 is 11.1 Å². The number of hydrogen-bond acceptors (Lipinski definition) is 4. The molecule has 1 aliphatic carbocycles. The van der Waals surface area contributed by atoms with E-state index in [4.69, 9.17) is 5.73 Å². The topological polar surface area (TPSA) is 68.8 Å². The van der Waals surface area contributed by atoms with Crippen molar-refractivity contribution in [2.24, 2.45) is 18.7 Å². The third-order valence-electron chi connectivity index (χ3n) is 3.36. The van der Waals surface area contributed by atoms with Gasteiger partial charge in [0.15, 0.2) is 5.82 Å². The van der Waals surface area contributed by atoms with Gasteiger partial charge in [-0.3, -0.25) is 4.68 Å². The molecule has 1 aromatic heterocycles. The summed E-state index contributed by atoms with van der Waals surface area (Å²) < 4.78 is 1.74. The number of nitrogens with one attached hydrogen (secondary N) is 1. The number of nitrogens with zero attached hydrogens (tertiary/aromatic N) is 3. The first-order chi connectivity index (χ1) is 7.79. The minimum absolute atomic E-state index is 0.605. The van der Waals surface area contributed by atoms with Crippen molar-refractivity contribution in [3.05, 3.63) is 12.2 Å². The molecule has 1 aromatic rings. The van der Waals surface area contributed by atoms with E-state index in [-0.39, 0.29) is 0 Å². The van der Waals surface area contributed by atoms with Crippen LogP contribution in [0.15, 0.2) is 6.33 Å². The van der Waals surface area contributed by atoms with Gasteiger partial charge in [-0.1, -0.05) is 6.42 Å². The van der Waals surface area contributed by atoms with Crippen LogP contribution in [0.5, 0.6) is 0 Å². The third-order valence-corrected chi connectivity index (χ3v) is 3.36. The maximum Gasteiger partial charge on any atom is 0.151 e. The minimum atomic E-state index is 0.605. The standard InChI is InChI=1S/C11H21N5/c1-16-8-14-11(15-16)5-6-13-10-4-2-3-9(10)7-12/h8-10,13H,2-7,12H2,1H3. The van der Waals surface area contributed by atoms with E-state index in [9.17, 15) is 0 Å². The molecule has 0 amide bonds. The summed E-state index contributed by atoms with van der Waals surface area (Å²) in [5.41, 5.74) is 5.74. The van der Waals surface area contributed by atoms with E-state index in [1.54, 1.807) is 11.0 Å². The molecule has 1 aliphatic rings. The van der Waals surface area contributed by atoms with Crippen LogP contribution in [0.3, 0.4) is 0 Å². The van der Waals surface area contributed by atoms with Crippen LogP contribution in [0, 0.1) is 5.92 Å². The highest BCUT2D eigenvalue weighted by Crippen LogP contribution is 2.24.